The van der Waals surface area contributed by atoms with Gasteiger partial charge in [0, 0.05) is 19.1 Å². The minimum atomic E-state index is 0.310. The molecule has 4 heterocycles. The molecule has 2 aromatic heterocycles. The van der Waals surface area contributed by atoms with Gasteiger partial charge in [-0.25, -0.2) is 0 Å². The molecular weight excluding hydrogens is 266 g/mol. The van der Waals surface area contributed by atoms with Crippen molar-refractivity contribution >= 4 is 22.8 Å². The second kappa shape index (κ2) is 4.84. The molecule has 0 radical (unpaired) electrons. The molecule has 2 aromatic rings. The summed E-state index contributed by atoms with van der Waals surface area (Å²) in [6, 6.07) is 0.717. The molecule has 2 atom stereocenters. The Hall–Kier alpha value is -1.89. The molecule has 2 aliphatic rings. The molecule has 2 unspecified atom stereocenters. The van der Waals surface area contributed by atoms with E-state index in [9.17, 15) is 0 Å². The van der Waals surface area contributed by atoms with Crippen LogP contribution in [0.1, 0.15) is 19.3 Å². The van der Waals surface area contributed by atoms with Crippen LogP contribution in [0.15, 0.2) is 6.20 Å². The molecule has 7 nitrogen and oxygen atoms in total. The SMILES string of the molecule is CN1CCCC2CN(c3nc(N)nc4[nH]ncc34)CCC21. The highest BCUT2D eigenvalue weighted by Crippen LogP contribution is 2.33. The maximum atomic E-state index is 5.84. The first kappa shape index (κ1) is 12.8. The number of anilines is 2. The van der Waals surface area contributed by atoms with E-state index in [4.69, 9.17) is 5.73 Å². The molecule has 112 valence electrons. The highest BCUT2D eigenvalue weighted by molar-refractivity contribution is 5.87. The van der Waals surface area contributed by atoms with Crippen LogP contribution in [0.3, 0.4) is 0 Å². The summed E-state index contributed by atoms with van der Waals surface area (Å²) in [7, 11) is 2.25. The average molecular weight is 287 g/mol. The van der Waals surface area contributed by atoms with Crippen molar-refractivity contribution in [3.8, 4) is 0 Å². The van der Waals surface area contributed by atoms with Crippen molar-refractivity contribution in [3.63, 3.8) is 0 Å². The molecule has 0 saturated carbocycles. The number of aromatic nitrogens is 4. The molecule has 2 fully saturated rings. The predicted molar refractivity (Wildman–Crippen MR) is 82.1 cm³/mol. The van der Waals surface area contributed by atoms with E-state index in [1.807, 2.05) is 0 Å². The molecule has 0 aromatic carbocycles. The monoisotopic (exact) mass is 287 g/mol. The normalized spacial score (nSPS) is 27.0. The van der Waals surface area contributed by atoms with Crippen LogP contribution in [0, 0.1) is 5.92 Å². The molecule has 21 heavy (non-hydrogen) atoms. The maximum Gasteiger partial charge on any atom is 0.224 e. The summed E-state index contributed by atoms with van der Waals surface area (Å²) in [5.41, 5.74) is 6.56. The number of H-pyrrole nitrogens is 1. The Morgan fingerprint density at radius 1 is 1.29 bits per heavy atom. The summed E-state index contributed by atoms with van der Waals surface area (Å²) < 4.78 is 0. The van der Waals surface area contributed by atoms with Gasteiger partial charge in [0.05, 0.1) is 11.6 Å². The van der Waals surface area contributed by atoms with E-state index in [0.29, 0.717) is 12.0 Å². The van der Waals surface area contributed by atoms with Crippen LogP contribution in [0.25, 0.3) is 11.0 Å². The lowest BCUT2D eigenvalue weighted by Crippen LogP contribution is -2.53. The number of likely N-dealkylation sites (tertiary alicyclic amines) is 1. The number of nitrogens with two attached hydrogens (primary N) is 1. The summed E-state index contributed by atoms with van der Waals surface area (Å²) in [6.07, 6.45) is 5.58. The van der Waals surface area contributed by atoms with Crippen LogP contribution in [-0.2, 0) is 0 Å². The van der Waals surface area contributed by atoms with Gasteiger partial charge in [-0.15, -0.1) is 0 Å². The molecule has 0 bridgehead atoms. The Kier molecular flexibility index (Phi) is 2.95. The van der Waals surface area contributed by atoms with E-state index in [-0.39, 0.29) is 0 Å². The van der Waals surface area contributed by atoms with E-state index in [1.165, 1.54) is 25.8 Å². The minimum Gasteiger partial charge on any atom is -0.368 e. The molecule has 0 amide bonds. The Morgan fingerprint density at radius 3 is 3.10 bits per heavy atom. The van der Waals surface area contributed by atoms with Crippen LogP contribution in [0.4, 0.5) is 11.8 Å². The second-order valence-corrected chi connectivity index (χ2v) is 6.22. The first-order valence-corrected chi connectivity index (χ1v) is 7.64. The quantitative estimate of drug-likeness (QED) is 0.809. The highest BCUT2D eigenvalue weighted by atomic mass is 15.3. The number of fused-ring (bicyclic) bond motifs is 2. The van der Waals surface area contributed by atoms with Crippen LogP contribution in [0.2, 0.25) is 0 Å². The summed E-state index contributed by atoms with van der Waals surface area (Å²) in [5.74, 6) is 1.96. The molecule has 7 heteroatoms. The van der Waals surface area contributed by atoms with Crippen molar-refractivity contribution in [2.24, 2.45) is 5.92 Å². The molecule has 4 rings (SSSR count). The fourth-order valence-electron chi connectivity index (χ4n) is 3.92. The maximum absolute atomic E-state index is 5.84. The summed E-state index contributed by atoms with van der Waals surface area (Å²) >= 11 is 0. The second-order valence-electron chi connectivity index (χ2n) is 6.22. The van der Waals surface area contributed by atoms with E-state index >= 15 is 0 Å². The van der Waals surface area contributed by atoms with E-state index < -0.39 is 0 Å². The topological polar surface area (TPSA) is 87.0 Å². The Bertz CT molecular complexity index is 652. The van der Waals surface area contributed by atoms with Gasteiger partial charge in [0.1, 0.15) is 5.82 Å². The molecule has 3 N–H and O–H groups in total. The van der Waals surface area contributed by atoms with E-state index in [0.717, 1.165) is 35.9 Å². The van der Waals surface area contributed by atoms with Gasteiger partial charge in [-0.05, 0) is 38.8 Å². The van der Waals surface area contributed by atoms with Crippen molar-refractivity contribution in [2.75, 3.05) is 37.3 Å². The molecule has 0 spiro atoms. The third kappa shape index (κ3) is 2.12. The fraction of sp³-hybridized carbons (Fsp3) is 0.643. The third-order valence-electron chi connectivity index (χ3n) is 4.95. The third-order valence-corrected chi connectivity index (χ3v) is 4.95. The van der Waals surface area contributed by atoms with Gasteiger partial charge < -0.3 is 15.5 Å². The zero-order chi connectivity index (χ0) is 14.4. The first-order valence-electron chi connectivity index (χ1n) is 7.64. The first-order chi connectivity index (χ1) is 10.2. The average Bonchev–Trinajstić information content (AvgIpc) is 2.94. The predicted octanol–water partition coefficient (Wildman–Crippen LogP) is 0.856. The van der Waals surface area contributed by atoms with Gasteiger partial charge >= 0.3 is 0 Å². The van der Waals surface area contributed by atoms with Gasteiger partial charge in [0.15, 0.2) is 5.65 Å². The van der Waals surface area contributed by atoms with Crippen molar-refractivity contribution in [1.82, 2.24) is 25.1 Å². The Balaban J connectivity index is 1.66. The van der Waals surface area contributed by atoms with Gasteiger partial charge in [0.25, 0.3) is 0 Å². The van der Waals surface area contributed by atoms with Gasteiger partial charge in [0.2, 0.25) is 5.95 Å². The Morgan fingerprint density at radius 2 is 2.19 bits per heavy atom. The van der Waals surface area contributed by atoms with E-state index in [1.54, 1.807) is 6.20 Å². The van der Waals surface area contributed by atoms with Gasteiger partial charge in [-0.3, -0.25) is 5.10 Å². The fourth-order valence-corrected chi connectivity index (χ4v) is 3.92. The largest absolute Gasteiger partial charge is 0.368 e. The number of rotatable bonds is 1. The van der Waals surface area contributed by atoms with Crippen molar-refractivity contribution < 1.29 is 0 Å². The molecule has 0 aliphatic carbocycles. The smallest absolute Gasteiger partial charge is 0.224 e. The summed E-state index contributed by atoms with van der Waals surface area (Å²) in [4.78, 5) is 13.5. The van der Waals surface area contributed by atoms with Crippen molar-refractivity contribution in [3.05, 3.63) is 6.20 Å². The number of nitrogen functional groups attached to an aromatic ring is 1. The standard InChI is InChI=1S/C14H21N7/c1-20-5-2-3-9-8-21(6-4-11(9)20)13-10-7-16-19-12(10)17-14(15)18-13/h7,9,11H,2-6,8H2,1H3,(H3,15,16,17,18,19). The molecular formula is C14H21N7. The number of nitrogens with one attached hydrogen (secondary N) is 1. The number of aromatic amines is 1. The molecule has 2 saturated heterocycles. The molecule has 2 aliphatic heterocycles. The Labute approximate surface area is 123 Å². The van der Waals surface area contributed by atoms with E-state index in [2.05, 4.69) is 37.0 Å². The van der Waals surface area contributed by atoms with Crippen LogP contribution >= 0.6 is 0 Å². The van der Waals surface area contributed by atoms with Crippen LogP contribution in [0.5, 0.6) is 0 Å². The number of hydrogen-bond acceptors (Lipinski definition) is 6. The van der Waals surface area contributed by atoms with Gasteiger partial charge in [-0.1, -0.05) is 0 Å². The zero-order valence-corrected chi connectivity index (χ0v) is 12.3. The lowest BCUT2D eigenvalue weighted by atomic mass is 9.84. The van der Waals surface area contributed by atoms with Crippen LogP contribution < -0.4 is 10.6 Å². The van der Waals surface area contributed by atoms with Crippen molar-refractivity contribution in [1.29, 1.82) is 0 Å². The minimum absolute atomic E-state index is 0.310. The summed E-state index contributed by atoms with van der Waals surface area (Å²) in [5, 5.41) is 7.93. The number of nitrogens with zero attached hydrogens (tertiary/aromatic N) is 5. The van der Waals surface area contributed by atoms with Crippen LogP contribution in [-0.4, -0.2) is 57.8 Å². The lowest BCUT2D eigenvalue weighted by molar-refractivity contribution is 0.102. The summed E-state index contributed by atoms with van der Waals surface area (Å²) in [6.45, 7) is 3.29. The number of piperidine rings is 2. The number of hydrogen-bond donors (Lipinski definition) is 2. The van der Waals surface area contributed by atoms with Gasteiger partial charge in [-0.2, -0.15) is 15.1 Å². The zero-order valence-electron chi connectivity index (χ0n) is 12.3. The highest BCUT2D eigenvalue weighted by Gasteiger charge is 2.35. The lowest BCUT2D eigenvalue weighted by Gasteiger charge is -2.46. The van der Waals surface area contributed by atoms with Crippen molar-refractivity contribution in [2.45, 2.75) is 25.3 Å².